The van der Waals surface area contributed by atoms with Crippen LogP contribution in [0.1, 0.15) is 22.3 Å². The molecule has 2 aromatic rings. The number of hydrogen-bond donors (Lipinski definition) is 1. The number of nitrogens with one attached hydrogen (secondary N) is 1. The minimum Gasteiger partial charge on any atom is -0.325 e. The van der Waals surface area contributed by atoms with Gasteiger partial charge in [-0.05, 0) is 43.2 Å². The van der Waals surface area contributed by atoms with Gasteiger partial charge in [0.25, 0.3) is 0 Å². The molecule has 1 amide bonds. The number of amides is 1. The maximum atomic E-state index is 12.8. The fourth-order valence-corrected chi connectivity index (χ4v) is 3.85. The molecule has 0 saturated carbocycles. The van der Waals surface area contributed by atoms with Gasteiger partial charge in [-0.2, -0.15) is 0 Å². The van der Waals surface area contributed by atoms with Crippen molar-refractivity contribution in [2.45, 2.75) is 13.3 Å². The molecule has 0 aliphatic carbocycles. The zero-order chi connectivity index (χ0) is 19.0. The van der Waals surface area contributed by atoms with Gasteiger partial charge in [0.1, 0.15) is 0 Å². The van der Waals surface area contributed by atoms with E-state index in [0.717, 1.165) is 22.6 Å². The summed E-state index contributed by atoms with van der Waals surface area (Å²) in [7, 11) is 0. The largest absolute Gasteiger partial charge is 0.325 e. The van der Waals surface area contributed by atoms with Crippen molar-refractivity contribution in [2.75, 3.05) is 25.0 Å². The first-order chi connectivity index (χ1) is 13.0. The Morgan fingerprint density at radius 3 is 2.93 bits per heavy atom. The van der Waals surface area contributed by atoms with E-state index >= 15 is 0 Å². The van der Waals surface area contributed by atoms with Gasteiger partial charge in [-0.25, -0.2) is 0 Å². The van der Waals surface area contributed by atoms with E-state index in [1.54, 1.807) is 6.07 Å². The molecule has 1 fully saturated rings. The highest BCUT2D eigenvalue weighted by molar-refractivity contribution is 6.31. The predicted octanol–water partition coefficient (Wildman–Crippen LogP) is 3.88. The summed E-state index contributed by atoms with van der Waals surface area (Å²) in [6, 6.07) is 12.9. The Labute approximate surface area is 163 Å². The van der Waals surface area contributed by atoms with Crippen molar-refractivity contribution in [2.24, 2.45) is 10.9 Å². The van der Waals surface area contributed by atoms with Gasteiger partial charge in [-0.15, -0.1) is 0 Å². The van der Waals surface area contributed by atoms with Crippen LogP contribution < -0.4 is 5.32 Å². The lowest BCUT2D eigenvalue weighted by Crippen LogP contribution is -2.47. The Balaban J connectivity index is 1.44. The second kappa shape index (κ2) is 7.25. The minimum atomic E-state index is -0.255. The fourth-order valence-electron chi connectivity index (χ4n) is 3.67. The second-order valence-electron chi connectivity index (χ2n) is 6.98. The summed E-state index contributed by atoms with van der Waals surface area (Å²) >= 11 is 6.11. The van der Waals surface area contributed by atoms with Gasteiger partial charge in [0, 0.05) is 35.1 Å². The number of fused-ring (bicyclic) bond motifs is 2. The van der Waals surface area contributed by atoms with Crippen molar-refractivity contribution in [3.05, 3.63) is 58.6 Å². The summed E-state index contributed by atoms with van der Waals surface area (Å²) in [5.41, 5.74) is 3.93. The van der Waals surface area contributed by atoms with E-state index < -0.39 is 0 Å². The number of halogens is 1. The van der Waals surface area contributed by atoms with E-state index in [1.165, 1.54) is 0 Å². The maximum Gasteiger partial charge on any atom is 0.238 e. The van der Waals surface area contributed by atoms with Crippen molar-refractivity contribution in [3.8, 4) is 0 Å². The quantitative estimate of drug-likeness (QED) is 0.877. The van der Waals surface area contributed by atoms with Crippen LogP contribution in [0.25, 0.3) is 0 Å². The number of benzene rings is 2. The van der Waals surface area contributed by atoms with Crippen LogP contribution in [0.4, 0.5) is 11.4 Å². The van der Waals surface area contributed by atoms with E-state index in [4.69, 9.17) is 11.6 Å². The zero-order valence-electron chi connectivity index (χ0n) is 15.0. The summed E-state index contributed by atoms with van der Waals surface area (Å²) in [5, 5.41) is 3.54. The molecule has 2 aliphatic rings. The van der Waals surface area contributed by atoms with Gasteiger partial charge < -0.3 is 5.32 Å². The van der Waals surface area contributed by atoms with Gasteiger partial charge >= 0.3 is 0 Å². The molecule has 27 heavy (non-hydrogen) atoms. The number of likely N-dealkylation sites (tertiary alicyclic amines) is 1. The first kappa shape index (κ1) is 17.9. The highest BCUT2D eigenvalue weighted by atomic mass is 35.5. The summed E-state index contributed by atoms with van der Waals surface area (Å²) in [6.45, 7) is 3.35. The summed E-state index contributed by atoms with van der Waals surface area (Å²) in [4.78, 5) is 32.0. The average molecular weight is 382 g/mol. The Kier molecular flexibility index (Phi) is 4.81. The van der Waals surface area contributed by atoms with Crippen molar-refractivity contribution in [3.63, 3.8) is 0 Å². The summed E-state index contributed by atoms with van der Waals surface area (Å²) < 4.78 is 0. The Morgan fingerprint density at radius 1 is 1.26 bits per heavy atom. The van der Waals surface area contributed by atoms with Crippen molar-refractivity contribution >= 4 is 40.4 Å². The topological polar surface area (TPSA) is 61.8 Å². The van der Waals surface area contributed by atoms with Crippen LogP contribution in [0.5, 0.6) is 0 Å². The normalized spacial score (nSPS) is 19.1. The number of Topliss-reactive ketones (excluding diaryl/α,β-unsaturated/α-hetero) is 1. The van der Waals surface area contributed by atoms with E-state index in [2.05, 4.69) is 10.3 Å². The van der Waals surface area contributed by atoms with E-state index in [0.29, 0.717) is 30.1 Å². The lowest BCUT2D eigenvalue weighted by Gasteiger charge is -2.34. The van der Waals surface area contributed by atoms with Crippen molar-refractivity contribution in [1.29, 1.82) is 0 Å². The molecule has 1 atom stereocenters. The predicted molar refractivity (Wildman–Crippen MR) is 107 cm³/mol. The maximum absolute atomic E-state index is 12.8. The number of aliphatic imine (C=N–C) groups is 1. The number of rotatable bonds is 3. The molecule has 0 bridgehead atoms. The van der Waals surface area contributed by atoms with E-state index in [9.17, 15) is 9.59 Å². The number of piperidine rings is 1. The van der Waals surface area contributed by atoms with Gasteiger partial charge in [0.15, 0.2) is 5.78 Å². The molecular weight excluding hydrogens is 362 g/mol. The molecule has 2 aromatic carbocycles. The van der Waals surface area contributed by atoms with Crippen LogP contribution in [-0.2, 0) is 4.79 Å². The Morgan fingerprint density at radius 2 is 2.07 bits per heavy atom. The summed E-state index contributed by atoms with van der Waals surface area (Å²) in [5.74, 6) is -0.259. The highest BCUT2D eigenvalue weighted by Gasteiger charge is 2.36. The smallest absolute Gasteiger partial charge is 0.238 e. The summed E-state index contributed by atoms with van der Waals surface area (Å²) in [6.07, 6.45) is 0.703. The molecule has 138 valence electrons. The van der Waals surface area contributed by atoms with Crippen LogP contribution >= 0.6 is 11.6 Å². The molecule has 4 rings (SSSR count). The van der Waals surface area contributed by atoms with E-state index in [-0.39, 0.29) is 24.2 Å². The monoisotopic (exact) mass is 381 g/mol. The van der Waals surface area contributed by atoms with Crippen LogP contribution in [0.15, 0.2) is 47.5 Å². The molecule has 2 aliphatic heterocycles. The number of nitrogens with zero attached hydrogens (tertiary/aromatic N) is 2. The van der Waals surface area contributed by atoms with Crippen LogP contribution in [-0.4, -0.2) is 41.9 Å². The van der Waals surface area contributed by atoms with Crippen LogP contribution in [0, 0.1) is 12.8 Å². The average Bonchev–Trinajstić information content (AvgIpc) is 2.66. The van der Waals surface area contributed by atoms with Crippen LogP contribution in [0.3, 0.4) is 0 Å². The standard InChI is InChI=1S/C21H20ClN3O2/c1-13-16(22)6-4-8-17(13)24-20(26)12-25-10-9-19-15(11-25)21(27)14-5-2-3-7-18(14)23-19/h2-8,15H,9-12H2,1H3,(H,24,26). The number of para-hydroxylation sites is 1. The molecule has 0 spiro atoms. The van der Waals surface area contributed by atoms with E-state index in [1.807, 2.05) is 48.2 Å². The number of carbonyl (C=O) groups excluding carboxylic acids is 2. The number of carbonyl (C=O) groups is 2. The second-order valence-corrected chi connectivity index (χ2v) is 7.39. The molecule has 0 radical (unpaired) electrons. The molecular formula is C21H20ClN3O2. The highest BCUT2D eigenvalue weighted by Crippen LogP contribution is 2.32. The number of ketones is 1. The molecule has 6 heteroatoms. The Bertz CT molecular complexity index is 954. The van der Waals surface area contributed by atoms with Gasteiger partial charge in [0.05, 0.1) is 18.2 Å². The first-order valence-corrected chi connectivity index (χ1v) is 9.39. The molecule has 5 nitrogen and oxygen atoms in total. The molecule has 0 aromatic heterocycles. The minimum absolute atomic E-state index is 0.103. The zero-order valence-corrected chi connectivity index (χ0v) is 15.8. The van der Waals surface area contributed by atoms with Gasteiger partial charge in [-0.3, -0.25) is 19.5 Å². The van der Waals surface area contributed by atoms with Gasteiger partial charge in [0.2, 0.25) is 5.91 Å². The first-order valence-electron chi connectivity index (χ1n) is 9.01. The fraction of sp³-hybridized carbons (Fsp3) is 0.286. The van der Waals surface area contributed by atoms with Crippen LogP contribution in [0.2, 0.25) is 5.02 Å². The van der Waals surface area contributed by atoms with Crippen molar-refractivity contribution < 1.29 is 9.59 Å². The SMILES string of the molecule is Cc1c(Cl)cccc1NC(=O)CN1CCC2=Nc3ccccc3C(=O)C2C1. The van der Waals surface area contributed by atoms with Crippen molar-refractivity contribution in [1.82, 2.24) is 4.90 Å². The third-order valence-electron chi connectivity index (χ3n) is 5.19. The molecule has 1 unspecified atom stereocenters. The van der Waals surface area contributed by atoms with Gasteiger partial charge in [-0.1, -0.05) is 29.8 Å². The molecule has 2 heterocycles. The lowest BCUT2D eigenvalue weighted by atomic mass is 9.85. The third kappa shape index (κ3) is 3.53. The molecule has 1 N–H and O–H groups in total. The molecule has 1 saturated heterocycles. The third-order valence-corrected chi connectivity index (χ3v) is 5.60. The lowest BCUT2D eigenvalue weighted by molar-refractivity contribution is -0.117. The number of anilines is 1. The Hall–Kier alpha value is -2.50. The number of hydrogen-bond acceptors (Lipinski definition) is 4.